The highest BCUT2D eigenvalue weighted by Gasteiger charge is 2.16. The third-order valence-electron chi connectivity index (χ3n) is 3.91. The molecular formula is C19H24N4O3. The number of rotatable bonds is 8. The molecule has 0 aromatic heterocycles. The summed E-state index contributed by atoms with van der Waals surface area (Å²) in [5.41, 5.74) is 8.70. The number of carbonyl (C=O) groups excluding carboxylic acids is 2. The van der Waals surface area contributed by atoms with Gasteiger partial charge in [-0.1, -0.05) is 0 Å². The summed E-state index contributed by atoms with van der Waals surface area (Å²) in [4.78, 5) is 29.5. The van der Waals surface area contributed by atoms with Crippen molar-refractivity contribution in [3.8, 4) is 0 Å². The van der Waals surface area contributed by atoms with Gasteiger partial charge in [-0.15, -0.1) is 0 Å². The van der Waals surface area contributed by atoms with E-state index in [1.54, 1.807) is 13.0 Å². The third-order valence-corrected chi connectivity index (χ3v) is 3.91. The minimum absolute atomic E-state index is 0.0388. The van der Waals surface area contributed by atoms with Crippen LogP contribution in [0.4, 0.5) is 11.4 Å². The summed E-state index contributed by atoms with van der Waals surface area (Å²) in [5, 5.41) is 12.0. The molecule has 0 saturated carbocycles. The summed E-state index contributed by atoms with van der Waals surface area (Å²) in [7, 11) is 0. The van der Waals surface area contributed by atoms with E-state index in [0.29, 0.717) is 35.8 Å². The normalized spacial score (nSPS) is 15.5. The Morgan fingerprint density at radius 3 is 2.54 bits per heavy atom. The summed E-state index contributed by atoms with van der Waals surface area (Å²) in [6.45, 7) is 4.81. The van der Waals surface area contributed by atoms with Crippen LogP contribution in [0.2, 0.25) is 0 Å². The molecule has 26 heavy (non-hydrogen) atoms. The average Bonchev–Trinajstić information content (AvgIpc) is 2.62. The van der Waals surface area contributed by atoms with E-state index in [1.807, 2.05) is 36.1 Å². The van der Waals surface area contributed by atoms with E-state index in [0.717, 1.165) is 5.69 Å². The number of amides is 1. The lowest BCUT2D eigenvalue weighted by atomic mass is 10.0. The molecule has 7 nitrogen and oxygen atoms in total. The van der Waals surface area contributed by atoms with Crippen LogP contribution in [0.5, 0.6) is 0 Å². The van der Waals surface area contributed by atoms with Crippen LogP contribution >= 0.6 is 0 Å². The van der Waals surface area contributed by atoms with Gasteiger partial charge in [-0.25, -0.2) is 4.99 Å². The molecule has 1 aliphatic rings. The van der Waals surface area contributed by atoms with E-state index < -0.39 is 0 Å². The maximum Gasteiger partial charge on any atom is 0.236 e. The van der Waals surface area contributed by atoms with Gasteiger partial charge in [-0.2, -0.15) is 0 Å². The first-order valence-corrected chi connectivity index (χ1v) is 8.46. The minimum atomic E-state index is -0.381. The Balaban J connectivity index is 2.25. The van der Waals surface area contributed by atoms with E-state index in [9.17, 15) is 9.59 Å². The van der Waals surface area contributed by atoms with Crippen molar-refractivity contribution in [1.82, 2.24) is 5.32 Å². The maximum atomic E-state index is 11.9. The number of nitrogens with zero attached hydrogens (tertiary/aromatic N) is 2. The number of aliphatic hydroxyl groups excluding tert-OH is 1. The van der Waals surface area contributed by atoms with E-state index in [2.05, 4.69) is 10.3 Å². The number of nitrogens with two attached hydrogens (primary N) is 1. The predicted octanol–water partition coefficient (Wildman–Crippen LogP) is 1.07. The Bertz CT molecular complexity index is 763. The largest absolute Gasteiger partial charge is 0.395 e. The molecule has 0 heterocycles. The number of primary amides is 1. The van der Waals surface area contributed by atoms with E-state index in [1.165, 1.54) is 6.08 Å². The predicted molar refractivity (Wildman–Crippen MR) is 103 cm³/mol. The van der Waals surface area contributed by atoms with Gasteiger partial charge in [-0.05, 0) is 49.8 Å². The SMILES string of the molecule is CCN(CC(N)=O)c1ccc(/N=C2\C=C(C)C(=O)C=C2NCCO)cc1. The van der Waals surface area contributed by atoms with E-state index in [4.69, 9.17) is 10.8 Å². The molecule has 7 heteroatoms. The monoisotopic (exact) mass is 356 g/mol. The number of allylic oxidation sites excluding steroid dienone is 3. The number of likely N-dealkylation sites (N-methyl/N-ethyl adjacent to an activating group) is 1. The van der Waals surface area contributed by atoms with E-state index in [-0.39, 0.29) is 24.8 Å². The average molecular weight is 356 g/mol. The van der Waals surface area contributed by atoms with Crippen molar-refractivity contribution in [1.29, 1.82) is 0 Å². The zero-order valence-corrected chi connectivity index (χ0v) is 15.0. The molecule has 0 bridgehead atoms. The smallest absolute Gasteiger partial charge is 0.236 e. The van der Waals surface area contributed by atoms with Gasteiger partial charge in [0.1, 0.15) is 0 Å². The van der Waals surface area contributed by atoms with Crippen molar-refractivity contribution >= 4 is 28.8 Å². The van der Waals surface area contributed by atoms with Crippen LogP contribution in [-0.2, 0) is 9.59 Å². The number of benzene rings is 1. The van der Waals surface area contributed by atoms with Gasteiger partial charge in [0.25, 0.3) is 0 Å². The molecule has 1 aromatic rings. The van der Waals surface area contributed by atoms with Gasteiger partial charge < -0.3 is 21.1 Å². The zero-order valence-electron chi connectivity index (χ0n) is 15.0. The fourth-order valence-electron chi connectivity index (χ4n) is 2.55. The Kier molecular flexibility index (Phi) is 6.68. The Hall–Kier alpha value is -2.93. The highest BCUT2D eigenvalue weighted by atomic mass is 16.3. The Morgan fingerprint density at radius 1 is 1.27 bits per heavy atom. The molecule has 0 saturated heterocycles. The van der Waals surface area contributed by atoms with Gasteiger partial charge in [0.05, 0.1) is 30.2 Å². The van der Waals surface area contributed by atoms with Crippen molar-refractivity contribution in [2.45, 2.75) is 13.8 Å². The molecule has 4 N–H and O–H groups in total. The number of anilines is 1. The van der Waals surface area contributed by atoms with Crippen LogP contribution in [-0.4, -0.2) is 48.7 Å². The fraction of sp³-hybridized carbons (Fsp3) is 0.316. The summed E-state index contributed by atoms with van der Waals surface area (Å²) in [6.07, 6.45) is 3.21. The molecule has 1 aromatic carbocycles. The Morgan fingerprint density at radius 2 is 1.96 bits per heavy atom. The molecule has 138 valence electrons. The number of hydrogen-bond acceptors (Lipinski definition) is 6. The second kappa shape index (κ2) is 8.96. The lowest BCUT2D eigenvalue weighted by molar-refractivity contribution is -0.116. The van der Waals surface area contributed by atoms with E-state index >= 15 is 0 Å². The molecule has 0 fully saturated rings. The van der Waals surface area contributed by atoms with Crippen molar-refractivity contribution in [3.05, 3.63) is 47.7 Å². The zero-order chi connectivity index (χ0) is 19.1. The minimum Gasteiger partial charge on any atom is -0.395 e. The molecule has 0 aliphatic heterocycles. The van der Waals surface area contributed by atoms with Gasteiger partial charge in [0.2, 0.25) is 5.91 Å². The van der Waals surface area contributed by atoms with Gasteiger partial charge in [0.15, 0.2) is 5.78 Å². The molecule has 0 unspecified atom stereocenters. The topological polar surface area (TPSA) is 108 Å². The number of aliphatic hydroxyl groups is 1. The van der Waals surface area contributed by atoms with Crippen molar-refractivity contribution in [2.75, 3.05) is 31.1 Å². The van der Waals surface area contributed by atoms with Gasteiger partial charge in [-0.3, -0.25) is 9.59 Å². The highest BCUT2D eigenvalue weighted by molar-refractivity contribution is 6.22. The summed E-state index contributed by atoms with van der Waals surface area (Å²) in [5.74, 6) is -0.460. The van der Waals surface area contributed by atoms with Gasteiger partial charge in [0, 0.05) is 24.9 Å². The summed E-state index contributed by atoms with van der Waals surface area (Å²) < 4.78 is 0. The quantitative estimate of drug-likeness (QED) is 0.604. The standard InChI is InChI=1S/C19H24N4O3/c1-3-23(12-19(20)26)15-6-4-14(5-7-15)22-17-10-13(2)18(25)11-16(17)21-8-9-24/h4-7,10-11,21,24H,3,8-9,12H2,1-2H3,(H2,20,26)/b22-17+. The van der Waals surface area contributed by atoms with Crippen LogP contribution in [0.3, 0.4) is 0 Å². The van der Waals surface area contributed by atoms with Crippen LogP contribution < -0.4 is 16.0 Å². The molecule has 0 radical (unpaired) electrons. The van der Waals surface area contributed by atoms with Crippen LogP contribution in [0.25, 0.3) is 0 Å². The molecule has 2 rings (SSSR count). The fourth-order valence-corrected chi connectivity index (χ4v) is 2.55. The molecular weight excluding hydrogens is 332 g/mol. The second-order valence-electron chi connectivity index (χ2n) is 5.89. The molecule has 1 aliphatic carbocycles. The lowest BCUT2D eigenvalue weighted by Crippen LogP contribution is -2.33. The molecule has 0 spiro atoms. The first kappa shape index (κ1) is 19.4. The van der Waals surface area contributed by atoms with Crippen molar-refractivity contribution < 1.29 is 14.7 Å². The van der Waals surface area contributed by atoms with Crippen molar-refractivity contribution in [3.63, 3.8) is 0 Å². The van der Waals surface area contributed by atoms with Gasteiger partial charge >= 0.3 is 0 Å². The number of ketones is 1. The number of nitrogens with one attached hydrogen (secondary N) is 1. The summed E-state index contributed by atoms with van der Waals surface area (Å²) in [6, 6.07) is 7.44. The number of hydrogen-bond donors (Lipinski definition) is 3. The lowest BCUT2D eigenvalue weighted by Gasteiger charge is -2.21. The van der Waals surface area contributed by atoms with Crippen LogP contribution in [0.1, 0.15) is 13.8 Å². The molecule has 1 amide bonds. The first-order chi connectivity index (χ1) is 12.4. The van der Waals surface area contributed by atoms with Crippen LogP contribution in [0.15, 0.2) is 52.7 Å². The number of aliphatic imine (C=N–C) groups is 1. The molecule has 0 atom stereocenters. The number of carbonyl (C=O) groups is 2. The maximum absolute atomic E-state index is 11.9. The van der Waals surface area contributed by atoms with Crippen LogP contribution in [0, 0.1) is 0 Å². The Labute approximate surface area is 152 Å². The summed E-state index contributed by atoms with van der Waals surface area (Å²) >= 11 is 0. The highest BCUT2D eigenvalue weighted by Crippen LogP contribution is 2.22. The van der Waals surface area contributed by atoms with Crippen molar-refractivity contribution in [2.24, 2.45) is 10.7 Å². The first-order valence-electron chi connectivity index (χ1n) is 8.46. The second-order valence-corrected chi connectivity index (χ2v) is 5.89. The third kappa shape index (κ3) is 5.03.